The molecule has 1 heterocycles. The van der Waals surface area contributed by atoms with Gasteiger partial charge in [-0.1, -0.05) is 41.9 Å². The van der Waals surface area contributed by atoms with Crippen LogP contribution < -0.4 is 0 Å². The number of rotatable bonds is 2. The molecule has 0 spiro atoms. The van der Waals surface area contributed by atoms with E-state index in [2.05, 4.69) is 4.74 Å². The van der Waals surface area contributed by atoms with E-state index < -0.39 is 11.8 Å². The first kappa shape index (κ1) is 12.4. The molecule has 0 saturated heterocycles. The summed E-state index contributed by atoms with van der Waals surface area (Å²) in [6.45, 7) is 0. The molecular formula is C13H9ClO4. The minimum absolute atomic E-state index is 0.0450. The molecule has 0 saturated carbocycles. The van der Waals surface area contributed by atoms with Crippen molar-refractivity contribution in [2.45, 2.75) is 0 Å². The van der Waals surface area contributed by atoms with Gasteiger partial charge in [0.05, 0.1) is 13.2 Å². The molecule has 0 amide bonds. The van der Waals surface area contributed by atoms with Crippen LogP contribution in [0.15, 0.2) is 47.2 Å². The zero-order valence-corrected chi connectivity index (χ0v) is 10.2. The zero-order chi connectivity index (χ0) is 13.1. The van der Waals surface area contributed by atoms with Crippen molar-refractivity contribution >= 4 is 29.1 Å². The van der Waals surface area contributed by atoms with Crippen molar-refractivity contribution in [3.05, 3.63) is 52.8 Å². The van der Waals surface area contributed by atoms with Crippen LogP contribution in [0.1, 0.15) is 5.56 Å². The van der Waals surface area contributed by atoms with Crippen molar-refractivity contribution in [1.29, 1.82) is 0 Å². The molecule has 0 N–H and O–H groups in total. The van der Waals surface area contributed by atoms with Crippen LogP contribution >= 0.6 is 11.6 Å². The van der Waals surface area contributed by atoms with E-state index >= 15 is 0 Å². The third-order valence-electron chi connectivity index (χ3n) is 2.32. The molecule has 0 bridgehead atoms. The van der Waals surface area contributed by atoms with Gasteiger partial charge in [0, 0.05) is 5.56 Å². The van der Waals surface area contributed by atoms with E-state index in [-0.39, 0.29) is 16.6 Å². The van der Waals surface area contributed by atoms with Crippen LogP contribution in [-0.2, 0) is 19.1 Å². The van der Waals surface area contributed by atoms with Gasteiger partial charge in [0.1, 0.15) is 5.03 Å². The van der Waals surface area contributed by atoms with Crippen LogP contribution in [0, 0.1) is 0 Å². The Kier molecular flexibility index (Phi) is 3.48. The maximum Gasteiger partial charge on any atom is 0.334 e. The van der Waals surface area contributed by atoms with E-state index in [1.54, 1.807) is 24.3 Å². The first-order chi connectivity index (χ1) is 8.63. The average molecular weight is 265 g/mol. The Morgan fingerprint density at radius 2 is 2.00 bits per heavy atom. The second kappa shape index (κ2) is 5.06. The lowest BCUT2D eigenvalue weighted by atomic mass is 10.2. The molecule has 0 aromatic heterocycles. The smallest absolute Gasteiger partial charge is 0.334 e. The van der Waals surface area contributed by atoms with E-state index in [0.29, 0.717) is 5.56 Å². The maximum absolute atomic E-state index is 11.7. The molecule has 4 nitrogen and oxygen atoms in total. The van der Waals surface area contributed by atoms with Gasteiger partial charge in [0.15, 0.2) is 11.5 Å². The fourth-order valence-electron chi connectivity index (χ4n) is 1.45. The van der Waals surface area contributed by atoms with Gasteiger partial charge in [-0.3, -0.25) is 4.79 Å². The highest BCUT2D eigenvalue weighted by Crippen LogP contribution is 2.34. The summed E-state index contributed by atoms with van der Waals surface area (Å²) < 4.78 is 9.73. The van der Waals surface area contributed by atoms with Gasteiger partial charge in [-0.15, -0.1) is 0 Å². The van der Waals surface area contributed by atoms with Crippen LogP contribution in [0.4, 0.5) is 0 Å². The fraction of sp³-hybridized carbons (Fsp3) is 0.0769. The van der Waals surface area contributed by atoms with Gasteiger partial charge >= 0.3 is 5.97 Å². The molecule has 5 heteroatoms. The molecule has 92 valence electrons. The third-order valence-corrected chi connectivity index (χ3v) is 2.66. The standard InChI is InChI=1S/C13H9ClO4/c1-17-10(15)7-9-12(16)11(14)13(18-9)8-5-3-2-4-6-8/h2-7H,1H3/b9-7+. The Hall–Kier alpha value is -2.07. The molecule has 2 rings (SSSR count). The van der Waals surface area contributed by atoms with E-state index in [1.807, 2.05) is 6.07 Å². The number of ketones is 1. The van der Waals surface area contributed by atoms with Crippen molar-refractivity contribution in [2.24, 2.45) is 0 Å². The number of methoxy groups -OCH3 is 1. The maximum atomic E-state index is 11.7. The summed E-state index contributed by atoms with van der Waals surface area (Å²) in [7, 11) is 1.21. The first-order valence-electron chi connectivity index (χ1n) is 5.11. The quantitative estimate of drug-likeness (QED) is 0.607. The molecule has 1 aromatic rings. The van der Waals surface area contributed by atoms with Gasteiger partial charge in [-0.25, -0.2) is 4.79 Å². The van der Waals surface area contributed by atoms with Gasteiger partial charge in [0.25, 0.3) is 0 Å². The monoisotopic (exact) mass is 264 g/mol. The molecule has 18 heavy (non-hydrogen) atoms. The number of halogens is 1. The number of ether oxygens (including phenoxy) is 2. The Balaban J connectivity index is 2.33. The number of Topliss-reactive ketones (excluding diaryl/α,β-unsaturated/α-hetero) is 1. The molecule has 0 aliphatic carbocycles. The summed E-state index contributed by atoms with van der Waals surface area (Å²) in [5.41, 5.74) is 0.670. The van der Waals surface area contributed by atoms with Crippen LogP contribution in [-0.4, -0.2) is 18.9 Å². The topological polar surface area (TPSA) is 52.6 Å². The highest BCUT2D eigenvalue weighted by atomic mass is 35.5. The molecule has 0 fully saturated rings. The summed E-state index contributed by atoms with van der Waals surface area (Å²) >= 11 is 5.90. The fourth-order valence-corrected chi connectivity index (χ4v) is 1.69. The van der Waals surface area contributed by atoms with Gasteiger partial charge < -0.3 is 9.47 Å². The molecular weight excluding hydrogens is 256 g/mol. The lowest BCUT2D eigenvalue weighted by Gasteiger charge is -2.03. The lowest BCUT2D eigenvalue weighted by Crippen LogP contribution is -2.02. The predicted molar refractivity (Wildman–Crippen MR) is 65.4 cm³/mol. The van der Waals surface area contributed by atoms with E-state index in [9.17, 15) is 9.59 Å². The van der Waals surface area contributed by atoms with E-state index in [1.165, 1.54) is 7.11 Å². The number of carbonyl (C=O) groups excluding carboxylic acids is 2. The van der Waals surface area contributed by atoms with Gasteiger partial charge in [0.2, 0.25) is 5.78 Å². The van der Waals surface area contributed by atoms with E-state index in [4.69, 9.17) is 16.3 Å². The van der Waals surface area contributed by atoms with Gasteiger partial charge in [-0.05, 0) is 0 Å². The summed E-state index contributed by atoms with van der Waals surface area (Å²) in [6, 6.07) is 8.93. The highest BCUT2D eigenvalue weighted by molar-refractivity contribution is 6.49. The number of benzene rings is 1. The number of allylic oxidation sites excluding steroid dienone is 1. The van der Waals surface area contributed by atoms with Crippen LogP contribution in [0.2, 0.25) is 0 Å². The SMILES string of the molecule is COC(=O)/C=C1/OC(c2ccccc2)=C(Cl)C1=O. The average Bonchev–Trinajstić information content (AvgIpc) is 2.68. The second-order valence-corrected chi connectivity index (χ2v) is 3.85. The first-order valence-corrected chi connectivity index (χ1v) is 5.48. The van der Waals surface area contributed by atoms with Crippen molar-refractivity contribution in [2.75, 3.05) is 7.11 Å². The molecule has 0 atom stereocenters. The van der Waals surface area contributed by atoms with E-state index in [0.717, 1.165) is 6.08 Å². The predicted octanol–water partition coefficient (Wildman–Crippen LogP) is 2.25. The van der Waals surface area contributed by atoms with Crippen LogP contribution in [0.25, 0.3) is 5.76 Å². The molecule has 1 aromatic carbocycles. The minimum Gasteiger partial charge on any atom is -0.466 e. The summed E-state index contributed by atoms with van der Waals surface area (Å²) in [5, 5.41) is -0.0450. The lowest BCUT2D eigenvalue weighted by molar-refractivity contribution is -0.135. The molecule has 0 unspecified atom stereocenters. The Bertz CT molecular complexity index is 558. The summed E-state index contributed by atoms with van der Waals surface area (Å²) in [4.78, 5) is 22.8. The molecule has 1 aliphatic heterocycles. The summed E-state index contributed by atoms with van der Waals surface area (Å²) in [5.74, 6) is -1.08. The van der Waals surface area contributed by atoms with Crippen molar-refractivity contribution < 1.29 is 19.1 Å². The van der Waals surface area contributed by atoms with Crippen molar-refractivity contribution in [3.63, 3.8) is 0 Å². The number of carbonyl (C=O) groups is 2. The van der Waals surface area contributed by atoms with Crippen molar-refractivity contribution in [3.8, 4) is 0 Å². The molecule has 1 aliphatic rings. The Morgan fingerprint density at radius 3 is 2.61 bits per heavy atom. The third kappa shape index (κ3) is 2.28. The normalized spacial score (nSPS) is 17.0. The van der Waals surface area contributed by atoms with Gasteiger partial charge in [-0.2, -0.15) is 0 Å². The molecule has 0 radical (unpaired) electrons. The number of esters is 1. The second-order valence-electron chi connectivity index (χ2n) is 3.47. The highest BCUT2D eigenvalue weighted by Gasteiger charge is 2.30. The Labute approximate surface area is 108 Å². The summed E-state index contributed by atoms with van der Waals surface area (Å²) in [6.07, 6.45) is 0.973. The van der Waals surface area contributed by atoms with Crippen LogP contribution in [0.3, 0.4) is 0 Å². The number of hydrogen-bond acceptors (Lipinski definition) is 4. The minimum atomic E-state index is -0.669. The Morgan fingerprint density at radius 1 is 1.33 bits per heavy atom. The largest absolute Gasteiger partial charge is 0.466 e. The zero-order valence-electron chi connectivity index (χ0n) is 9.48. The van der Waals surface area contributed by atoms with Crippen LogP contribution in [0.5, 0.6) is 0 Å². The number of hydrogen-bond donors (Lipinski definition) is 0. The van der Waals surface area contributed by atoms with Crippen molar-refractivity contribution in [1.82, 2.24) is 0 Å².